The second-order valence-electron chi connectivity index (χ2n) is 9.40. The van der Waals surface area contributed by atoms with Crippen molar-refractivity contribution in [3.63, 3.8) is 0 Å². The Morgan fingerprint density at radius 3 is 2.03 bits per heavy atom. The van der Waals surface area contributed by atoms with Crippen molar-refractivity contribution < 1.29 is 14.3 Å². The fraction of sp³-hybridized carbons (Fsp3) is 0.400. The lowest BCUT2D eigenvalue weighted by Crippen LogP contribution is -2.36. The van der Waals surface area contributed by atoms with E-state index in [1.165, 1.54) is 5.56 Å². The summed E-state index contributed by atoms with van der Waals surface area (Å²) in [7, 11) is 0. The molecule has 0 heterocycles. The Bertz CT molecular complexity index is 944. The maximum Gasteiger partial charge on any atom is 0.415 e. The molecular weight excluding hydrogens is 390 g/mol. The average molecular weight is 422 g/mol. The molecule has 2 amide bonds. The topological polar surface area (TPSA) is 82.4 Å². The van der Waals surface area contributed by atoms with Crippen molar-refractivity contribution in [1.29, 1.82) is 5.26 Å². The molecule has 6 heteroatoms. The predicted octanol–water partition coefficient (Wildman–Crippen LogP) is 5.18. The van der Waals surface area contributed by atoms with E-state index in [0.29, 0.717) is 12.1 Å². The second-order valence-corrected chi connectivity index (χ2v) is 9.40. The first-order chi connectivity index (χ1) is 14.4. The van der Waals surface area contributed by atoms with Crippen LogP contribution in [0.1, 0.15) is 63.0 Å². The van der Waals surface area contributed by atoms with E-state index in [1.54, 1.807) is 29.2 Å². The van der Waals surface area contributed by atoms with Gasteiger partial charge >= 0.3 is 6.09 Å². The van der Waals surface area contributed by atoms with Crippen molar-refractivity contribution in [2.45, 2.75) is 59.1 Å². The van der Waals surface area contributed by atoms with Crippen LogP contribution in [-0.2, 0) is 16.7 Å². The first-order valence-electron chi connectivity index (χ1n) is 10.3. The van der Waals surface area contributed by atoms with Crippen molar-refractivity contribution in [3.05, 3.63) is 65.2 Å². The second kappa shape index (κ2) is 9.65. The largest absolute Gasteiger partial charge is 0.443 e. The van der Waals surface area contributed by atoms with Gasteiger partial charge in [0, 0.05) is 11.3 Å². The zero-order chi connectivity index (χ0) is 23.2. The van der Waals surface area contributed by atoms with Crippen LogP contribution >= 0.6 is 0 Å². The monoisotopic (exact) mass is 421 g/mol. The number of carbonyl (C=O) groups is 2. The molecule has 1 N–H and O–H groups in total. The number of nitriles is 1. The minimum atomic E-state index is -0.622. The van der Waals surface area contributed by atoms with Gasteiger partial charge in [0.1, 0.15) is 12.1 Å². The van der Waals surface area contributed by atoms with Crippen LogP contribution in [0, 0.1) is 11.3 Å². The van der Waals surface area contributed by atoms with E-state index >= 15 is 0 Å². The van der Waals surface area contributed by atoms with Crippen LogP contribution in [-0.4, -0.2) is 24.1 Å². The summed E-state index contributed by atoms with van der Waals surface area (Å²) in [6.45, 7) is 12.2. The number of hydrogen-bond acceptors (Lipinski definition) is 4. The molecule has 164 valence electrons. The van der Waals surface area contributed by atoms with Crippen LogP contribution in [0.2, 0.25) is 0 Å². The Hall–Kier alpha value is -3.33. The summed E-state index contributed by atoms with van der Waals surface area (Å²) in [6, 6.07) is 16.7. The quantitative estimate of drug-likeness (QED) is 0.675. The molecule has 0 atom stereocenters. The smallest absolute Gasteiger partial charge is 0.415 e. The van der Waals surface area contributed by atoms with Gasteiger partial charge in [-0.15, -0.1) is 0 Å². The van der Waals surface area contributed by atoms with E-state index in [0.717, 1.165) is 11.3 Å². The van der Waals surface area contributed by atoms with Crippen LogP contribution < -0.4 is 10.2 Å². The van der Waals surface area contributed by atoms with Gasteiger partial charge in [0.2, 0.25) is 0 Å². The molecule has 0 fully saturated rings. The number of ether oxygens (including phenoxy) is 1. The number of anilines is 1. The highest BCUT2D eigenvalue weighted by atomic mass is 16.6. The first-order valence-corrected chi connectivity index (χ1v) is 10.3. The lowest BCUT2D eigenvalue weighted by Gasteiger charge is -2.28. The van der Waals surface area contributed by atoms with E-state index in [-0.39, 0.29) is 17.9 Å². The molecule has 2 aromatic carbocycles. The number of nitrogens with zero attached hydrogens (tertiary/aromatic N) is 2. The first kappa shape index (κ1) is 23.9. The normalized spacial score (nSPS) is 11.4. The van der Waals surface area contributed by atoms with Gasteiger partial charge in [-0.3, -0.25) is 9.69 Å². The van der Waals surface area contributed by atoms with E-state index in [4.69, 9.17) is 10.00 Å². The van der Waals surface area contributed by atoms with Crippen molar-refractivity contribution in [2.24, 2.45) is 0 Å². The molecule has 6 nitrogen and oxygen atoms in total. The SMILES string of the molecule is CC(C)(C)OC(=O)N(Cc1ccc(C(=O)NCC#N)cc1)c1ccc(C(C)(C)C)cc1. The number of rotatable bonds is 5. The standard InChI is InChI=1S/C25H31N3O3/c1-24(2,3)20-11-13-21(14-12-20)28(23(30)31-25(4,5)6)17-18-7-9-19(10-8-18)22(29)27-16-15-26/h7-14H,16-17H2,1-6H3,(H,27,29). The van der Waals surface area contributed by atoms with Crippen LogP contribution in [0.4, 0.5) is 10.5 Å². The summed E-state index contributed by atoms with van der Waals surface area (Å²) in [5, 5.41) is 11.1. The Morgan fingerprint density at radius 1 is 0.968 bits per heavy atom. The van der Waals surface area contributed by atoms with Gasteiger partial charge in [-0.1, -0.05) is 45.0 Å². The molecule has 0 saturated heterocycles. The minimum Gasteiger partial charge on any atom is -0.443 e. The zero-order valence-electron chi connectivity index (χ0n) is 19.2. The Kier molecular flexibility index (Phi) is 7.46. The summed E-state index contributed by atoms with van der Waals surface area (Å²) in [5.41, 5.74) is 2.60. The van der Waals surface area contributed by atoms with Crippen molar-refractivity contribution in [2.75, 3.05) is 11.4 Å². The van der Waals surface area contributed by atoms with Gasteiger partial charge in [0.25, 0.3) is 5.91 Å². The molecule has 0 aliphatic heterocycles. The Labute approximate surface area is 184 Å². The third-order valence-electron chi connectivity index (χ3n) is 4.54. The molecule has 0 aliphatic rings. The fourth-order valence-corrected chi connectivity index (χ4v) is 2.89. The number of benzene rings is 2. The van der Waals surface area contributed by atoms with Crippen LogP contribution in [0.25, 0.3) is 0 Å². The molecule has 2 rings (SSSR count). The molecule has 0 spiro atoms. The van der Waals surface area contributed by atoms with Gasteiger partial charge < -0.3 is 10.1 Å². The van der Waals surface area contributed by atoms with Crippen LogP contribution in [0.5, 0.6) is 0 Å². The highest BCUT2D eigenvalue weighted by molar-refractivity contribution is 5.94. The maximum absolute atomic E-state index is 12.9. The Balaban J connectivity index is 2.28. The van der Waals surface area contributed by atoms with Gasteiger partial charge in [-0.25, -0.2) is 4.79 Å². The fourth-order valence-electron chi connectivity index (χ4n) is 2.89. The van der Waals surface area contributed by atoms with E-state index in [9.17, 15) is 9.59 Å². The van der Waals surface area contributed by atoms with Crippen molar-refractivity contribution >= 4 is 17.7 Å². The Morgan fingerprint density at radius 2 is 1.55 bits per heavy atom. The predicted molar refractivity (Wildman–Crippen MR) is 122 cm³/mol. The highest BCUT2D eigenvalue weighted by Crippen LogP contribution is 2.27. The van der Waals surface area contributed by atoms with Crippen molar-refractivity contribution in [1.82, 2.24) is 5.32 Å². The van der Waals surface area contributed by atoms with Crippen molar-refractivity contribution in [3.8, 4) is 6.07 Å². The lowest BCUT2D eigenvalue weighted by atomic mass is 9.87. The molecule has 0 unspecified atom stereocenters. The summed E-state index contributed by atoms with van der Waals surface area (Å²) >= 11 is 0. The third kappa shape index (κ3) is 7.14. The number of hydrogen-bond donors (Lipinski definition) is 1. The third-order valence-corrected chi connectivity index (χ3v) is 4.54. The summed E-state index contributed by atoms with van der Waals surface area (Å²) < 4.78 is 5.62. The van der Waals surface area contributed by atoms with E-state index in [2.05, 4.69) is 26.1 Å². The summed E-state index contributed by atoms with van der Waals surface area (Å²) in [5.74, 6) is -0.310. The highest BCUT2D eigenvalue weighted by Gasteiger charge is 2.24. The molecule has 0 aromatic heterocycles. The minimum absolute atomic E-state index is 0.0111. The number of carbonyl (C=O) groups excluding carboxylic acids is 2. The zero-order valence-corrected chi connectivity index (χ0v) is 19.2. The van der Waals surface area contributed by atoms with E-state index < -0.39 is 11.7 Å². The van der Waals surface area contributed by atoms with E-state index in [1.807, 2.05) is 51.1 Å². The average Bonchev–Trinajstić information content (AvgIpc) is 2.68. The lowest BCUT2D eigenvalue weighted by molar-refractivity contribution is 0.0577. The van der Waals surface area contributed by atoms with Gasteiger partial charge in [0.15, 0.2) is 0 Å². The maximum atomic E-state index is 12.9. The molecule has 31 heavy (non-hydrogen) atoms. The summed E-state index contributed by atoms with van der Waals surface area (Å²) in [6.07, 6.45) is -0.438. The van der Waals surface area contributed by atoms with Gasteiger partial charge in [-0.2, -0.15) is 5.26 Å². The number of amides is 2. The molecule has 0 bridgehead atoms. The molecule has 0 aliphatic carbocycles. The molecule has 0 radical (unpaired) electrons. The number of nitrogens with one attached hydrogen (secondary N) is 1. The van der Waals surface area contributed by atoms with Crippen LogP contribution in [0.15, 0.2) is 48.5 Å². The summed E-state index contributed by atoms with van der Waals surface area (Å²) in [4.78, 5) is 26.5. The molecular formula is C25H31N3O3. The molecule has 0 saturated carbocycles. The van der Waals surface area contributed by atoms with Crippen LogP contribution in [0.3, 0.4) is 0 Å². The van der Waals surface area contributed by atoms with Gasteiger partial charge in [-0.05, 0) is 61.6 Å². The molecule has 2 aromatic rings. The van der Waals surface area contributed by atoms with Gasteiger partial charge in [0.05, 0.1) is 12.6 Å².